The van der Waals surface area contributed by atoms with Crippen LogP contribution < -0.4 is 0 Å². The minimum absolute atomic E-state index is 0.309. The number of nitrogens with zero attached hydrogens (tertiary/aromatic N) is 3. The van der Waals surface area contributed by atoms with Gasteiger partial charge in [-0.3, -0.25) is 0 Å². The monoisotopic (exact) mass is 375 g/mol. The molecular formula is C23H25N3O2. The van der Waals surface area contributed by atoms with Gasteiger partial charge in [0.1, 0.15) is 5.82 Å². The van der Waals surface area contributed by atoms with Crippen LogP contribution in [0.2, 0.25) is 0 Å². The number of aromatic nitrogens is 3. The Morgan fingerprint density at radius 1 is 1.18 bits per heavy atom. The summed E-state index contributed by atoms with van der Waals surface area (Å²) >= 11 is 0. The smallest absolute Gasteiger partial charge is 0.336 e. The van der Waals surface area contributed by atoms with Crippen LogP contribution in [0.1, 0.15) is 47.3 Å². The molecule has 0 fully saturated rings. The molecule has 28 heavy (non-hydrogen) atoms. The zero-order chi connectivity index (χ0) is 19.9. The predicted octanol–water partition coefficient (Wildman–Crippen LogP) is 4.76. The lowest BCUT2D eigenvalue weighted by Crippen LogP contribution is -2.06. The topological polar surface area (TPSA) is 68.0 Å². The number of carbonyl (C=O) groups is 1. The average molecular weight is 375 g/mol. The standard InChI is InChI=1S/C23H25N3O2/c1-3-5-15-26-22(24-21(25-26)8-4-2)16-17-11-13-18(14-12-17)19-9-6-7-10-20(19)23(27)28/h3,6-7,9-14H,1,4-5,8,15-16H2,2H3,(H,27,28). The van der Waals surface area contributed by atoms with Crippen LogP contribution in [0.4, 0.5) is 0 Å². The molecule has 0 aliphatic rings. The van der Waals surface area contributed by atoms with E-state index < -0.39 is 5.97 Å². The molecule has 5 nitrogen and oxygen atoms in total. The number of hydrogen-bond acceptors (Lipinski definition) is 3. The highest BCUT2D eigenvalue weighted by Gasteiger charge is 2.12. The van der Waals surface area contributed by atoms with E-state index in [1.807, 2.05) is 47.2 Å². The van der Waals surface area contributed by atoms with Crippen molar-refractivity contribution in [2.24, 2.45) is 0 Å². The maximum Gasteiger partial charge on any atom is 0.336 e. The quantitative estimate of drug-likeness (QED) is 0.547. The van der Waals surface area contributed by atoms with Gasteiger partial charge in [0.15, 0.2) is 5.82 Å². The highest BCUT2D eigenvalue weighted by atomic mass is 16.4. The summed E-state index contributed by atoms with van der Waals surface area (Å²) in [6, 6.07) is 15.0. The molecule has 0 atom stereocenters. The summed E-state index contributed by atoms with van der Waals surface area (Å²) in [5.41, 5.74) is 3.04. The van der Waals surface area contributed by atoms with Crippen molar-refractivity contribution in [2.75, 3.05) is 0 Å². The molecular weight excluding hydrogens is 350 g/mol. The third-order valence-electron chi connectivity index (χ3n) is 4.60. The van der Waals surface area contributed by atoms with Crippen LogP contribution >= 0.6 is 0 Å². The van der Waals surface area contributed by atoms with Crippen molar-refractivity contribution in [3.8, 4) is 11.1 Å². The van der Waals surface area contributed by atoms with E-state index in [9.17, 15) is 9.90 Å². The first-order valence-electron chi connectivity index (χ1n) is 9.57. The van der Waals surface area contributed by atoms with Crippen LogP contribution in [0.25, 0.3) is 11.1 Å². The van der Waals surface area contributed by atoms with Gasteiger partial charge < -0.3 is 5.11 Å². The first-order chi connectivity index (χ1) is 13.6. The van der Waals surface area contributed by atoms with Crippen molar-refractivity contribution in [3.63, 3.8) is 0 Å². The van der Waals surface area contributed by atoms with Crippen LogP contribution in [-0.4, -0.2) is 25.8 Å². The second-order valence-electron chi connectivity index (χ2n) is 6.72. The summed E-state index contributed by atoms with van der Waals surface area (Å²) in [5, 5.41) is 14.0. The molecule has 3 rings (SSSR count). The molecule has 0 aliphatic carbocycles. The Hall–Kier alpha value is -3.21. The Labute approximate surface area is 165 Å². The van der Waals surface area contributed by atoms with Crippen LogP contribution in [0, 0.1) is 0 Å². The second-order valence-corrected chi connectivity index (χ2v) is 6.72. The molecule has 2 aromatic carbocycles. The molecule has 5 heteroatoms. The number of aryl methyl sites for hydroxylation is 2. The van der Waals surface area contributed by atoms with Crippen LogP contribution in [0.15, 0.2) is 61.2 Å². The van der Waals surface area contributed by atoms with Gasteiger partial charge in [-0.25, -0.2) is 14.5 Å². The Kier molecular flexibility index (Phi) is 6.37. The molecule has 1 heterocycles. The SMILES string of the molecule is C=CCCn1nc(CCC)nc1Cc1ccc(-c2ccccc2C(=O)O)cc1. The van der Waals surface area contributed by atoms with E-state index in [0.717, 1.165) is 54.1 Å². The fourth-order valence-corrected chi connectivity index (χ4v) is 3.19. The van der Waals surface area contributed by atoms with Crippen LogP contribution in [-0.2, 0) is 19.4 Å². The first-order valence-corrected chi connectivity index (χ1v) is 9.57. The lowest BCUT2D eigenvalue weighted by Gasteiger charge is -2.08. The van der Waals surface area contributed by atoms with E-state index >= 15 is 0 Å². The Bertz CT molecular complexity index is 958. The lowest BCUT2D eigenvalue weighted by atomic mass is 9.98. The number of hydrogen-bond donors (Lipinski definition) is 1. The molecule has 0 spiro atoms. The predicted molar refractivity (Wildman–Crippen MR) is 110 cm³/mol. The second kappa shape index (κ2) is 9.13. The van der Waals surface area contributed by atoms with E-state index in [4.69, 9.17) is 4.98 Å². The summed E-state index contributed by atoms with van der Waals surface area (Å²) in [6.45, 7) is 6.69. The minimum Gasteiger partial charge on any atom is -0.478 e. The van der Waals surface area contributed by atoms with Crippen molar-refractivity contribution >= 4 is 5.97 Å². The largest absolute Gasteiger partial charge is 0.478 e. The lowest BCUT2D eigenvalue weighted by molar-refractivity contribution is 0.0697. The molecule has 3 aromatic rings. The molecule has 0 radical (unpaired) electrons. The summed E-state index contributed by atoms with van der Waals surface area (Å²) in [7, 11) is 0. The molecule has 0 bridgehead atoms. The van der Waals surface area contributed by atoms with Gasteiger partial charge in [0.2, 0.25) is 0 Å². The molecule has 0 aliphatic heterocycles. The van der Waals surface area contributed by atoms with E-state index in [1.165, 1.54) is 0 Å². The van der Waals surface area contributed by atoms with E-state index in [2.05, 4.69) is 18.6 Å². The van der Waals surface area contributed by atoms with Gasteiger partial charge in [-0.15, -0.1) is 6.58 Å². The molecule has 0 saturated carbocycles. The maximum absolute atomic E-state index is 11.5. The number of rotatable bonds is 9. The highest BCUT2D eigenvalue weighted by molar-refractivity contribution is 5.95. The fourth-order valence-electron chi connectivity index (χ4n) is 3.19. The number of benzene rings is 2. The fraction of sp³-hybridized carbons (Fsp3) is 0.261. The third-order valence-corrected chi connectivity index (χ3v) is 4.60. The summed E-state index contributed by atoms with van der Waals surface area (Å²) in [4.78, 5) is 16.2. The number of aromatic carboxylic acids is 1. The van der Waals surface area contributed by atoms with E-state index in [1.54, 1.807) is 12.1 Å². The average Bonchev–Trinajstić information content (AvgIpc) is 3.08. The summed E-state index contributed by atoms with van der Waals surface area (Å²) in [6.07, 6.45) is 5.32. The molecule has 144 valence electrons. The summed E-state index contributed by atoms with van der Waals surface area (Å²) < 4.78 is 1.97. The maximum atomic E-state index is 11.5. The van der Waals surface area contributed by atoms with Gasteiger partial charge in [-0.1, -0.05) is 55.5 Å². The zero-order valence-corrected chi connectivity index (χ0v) is 16.1. The van der Waals surface area contributed by atoms with Crippen molar-refractivity contribution in [1.29, 1.82) is 0 Å². The third kappa shape index (κ3) is 4.55. The van der Waals surface area contributed by atoms with Crippen molar-refractivity contribution in [3.05, 3.63) is 84.0 Å². The molecule has 1 aromatic heterocycles. The molecule has 0 amide bonds. The zero-order valence-electron chi connectivity index (χ0n) is 16.1. The molecule has 0 saturated heterocycles. The normalized spacial score (nSPS) is 10.8. The van der Waals surface area contributed by atoms with Gasteiger partial charge in [0.25, 0.3) is 0 Å². The minimum atomic E-state index is -0.918. The van der Waals surface area contributed by atoms with Gasteiger partial charge >= 0.3 is 5.97 Å². The Morgan fingerprint density at radius 3 is 2.61 bits per heavy atom. The molecule has 0 unspecified atom stereocenters. The van der Waals surface area contributed by atoms with Gasteiger partial charge in [0.05, 0.1) is 5.56 Å². The van der Waals surface area contributed by atoms with E-state index in [0.29, 0.717) is 12.0 Å². The van der Waals surface area contributed by atoms with Gasteiger partial charge in [0, 0.05) is 19.4 Å². The van der Waals surface area contributed by atoms with E-state index in [-0.39, 0.29) is 0 Å². The van der Waals surface area contributed by atoms with Crippen molar-refractivity contribution in [1.82, 2.24) is 14.8 Å². The van der Waals surface area contributed by atoms with Crippen molar-refractivity contribution < 1.29 is 9.90 Å². The molecule has 1 N–H and O–H groups in total. The van der Waals surface area contributed by atoms with Gasteiger partial charge in [-0.2, -0.15) is 5.10 Å². The van der Waals surface area contributed by atoms with Crippen LogP contribution in [0.3, 0.4) is 0 Å². The van der Waals surface area contributed by atoms with Crippen LogP contribution in [0.5, 0.6) is 0 Å². The van der Waals surface area contributed by atoms with Gasteiger partial charge in [-0.05, 0) is 35.6 Å². The number of carboxylic acids is 1. The van der Waals surface area contributed by atoms with Crippen molar-refractivity contribution in [2.45, 2.75) is 39.2 Å². The Morgan fingerprint density at radius 2 is 1.93 bits per heavy atom. The highest BCUT2D eigenvalue weighted by Crippen LogP contribution is 2.24. The number of allylic oxidation sites excluding steroid dienone is 1. The Balaban J connectivity index is 1.83. The first kappa shape index (κ1) is 19.5. The summed E-state index contributed by atoms with van der Waals surface area (Å²) in [5.74, 6) is 0.913. The number of carboxylic acid groups (broad SMARTS) is 1.